The number of hydrogen-bond donors (Lipinski definition) is 1. The Kier molecular flexibility index (Phi) is 5.95. The number of methoxy groups -OCH3 is 2. The fourth-order valence-electron chi connectivity index (χ4n) is 3.22. The van der Waals surface area contributed by atoms with Crippen molar-refractivity contribution in [3.05, 3.63) is 82.8 Å². The highest BCUT2D eigenvalue weighted by atomic mass is 79.9. The number of ether oxygens (including phenoxy) is 2. The van der Waals surface area contributed by atoms with Crippen molar-refractivity contribution in [2.45, 2.75) is 0 Å². The van der Waals surface area contributed by atoms with Crippen molar-refractivity contribution in [2.24, 2.45) is 5.10 Å². The standard InChI is InChI=1S/C24H20BrN3O2/c1-29-22-11-8-16(12-23(22)30-2)15-26-28-24-14-19(17-6-4-3-5-7-17)20-13-18(25)9-10-21(20)27-24/h3-15H,1-2H3,(H,27,28)/b26-15-. The molecule has 0 radical (unpaired) electrons. The van der Waals surface area contributed by atoms with Crippen molar-refractivity contribution < 1.29 is 9.47 Å². The van der Waals surface area contributed by atoms with Gasteiger partial charge in [-0.2, -0.15) is 5.10 Å². The van der Waals surface area contributed by atoms with E-state index in [1.54, 1.807) is 20.4 Å². The molecule has 0 aliphatic carbocycles. The van der Waals surface area contributed by atoms with E-state index in [2.05, 4.69) is 44.7 Å². The molecule has 5 nitrogen and oxygen atoms in total. The predicted molar refractivity (Wildman–Crippen MR) is 126 cm³/mol. The van der Waals surface area contributed by atoms with Crippen LogP contribution in [0.2, 0.25) is 0 Å². The molecule has 0 fully saturated rings. The molecule has 0 bridgehead atoms. The number of halogens is 1. The Morgan fingerprint density at radius 3 is 2.47 bits per heavy atom. The SMILES string of the molecule is COc1ccc(/C=N\Nc2cc(-c3ccccc3)c3cc(Br)ccc3n2)cc1OC. The van der Waals surface area contributed by atoms with Gasteiger partial charge in [0, 0.05) is 9.86 Å². The molecular weight excluding hydrogens is 442 g/mol. The van der Waals surface area contributed by atoms with Gasteiger partial charge in [0.2, 0.25) is 0 Å². The predicted octanol–water partition coefficient (Wildman–Crippen LogP) is 6.13. The third-order valence-electron chi connectivity index (χ3n) is 4.66. The van der Waals surface area contributed by atoms with Crippen LogP contribution < -0.4 is 14.9 Å². The van der Waals surface area contributed by atoms with Gasteiger partial charge in [-0.3, -0.25) is 5.43 Å². The summed E-state index contributed by atoms with van der Waals surface area (Å²) in [5, 5.41) is 5.43. The van der Waals surface area contributed by atoms with E-state index in [0.717, 1.165) is 32.1 Å². The van der Waals surface area contributed by atoms with Gasteiger partial charge in [0.05, 0.1) is 26.0 Å². The first-order chi connectivity index (χ1) is 14.7. The molecule has 0 atom stereocenters. The molecule has 0 amide bonds. The third-order valence-corrected chi connectivity index (χ3v) is 5.15. The van der Waals surface area contributed by atoms with Crippen LogP contribution in [0.4, 0.5) is 5.82 Å². The first-order valence-electron chi connectivity index (χ1n) is 9.35. The maximum Gasteiger partial charge on any atom is 0.161 e. The number of anilines is 1. The molecule has 1 aromatic heterocycles. The fraction of sp³-hybridized carbons (Fsp3) is 0.0833. The molecule has 4 aromatic rings. The zero-order valence-corrected chi connectivity index (χ0v) is 18.2. The molecule has 3 aromatic carbocycles. The molecule has 0 saturated heterocycles. The highest BCUT2D eigenvalue weighted by Crippen LogP contribution is 2.32. The average molecular weight is 462 g/mol. The molecule has 1 heterocycles. The maximum absolute atomic E-state index is 5.34. The van der Waals surface area contributed by atoms with Crippen molar-refractivity contribution in [2.75, 3.05) is 19.6 Å². The summed E-state index contributed by atoms with van der Waals surface area (Å²) in [6.07, 6.45) is 1.72. The van der Waals surface area contributed by atoms with Crippen LogP contribution in [0.25, 0.3) is 22.0 Å². The van der Waals surface area contributed by atoms with Crippen LogP contribution in [0, 0.1) is 0 Å². The van der Waals surface area contributed by atoms with E-state index in [-0.39, 0.29) is 0 Å². The summed E-state index contributed by atoms with van der Waals surface area (Å²) in [7, 11) is 3.22. The Hall–Kier alpha value is -3.38. The molecule has 0 aliphatic heterocycles. The lowest BCUT2D eigenvalue weighted by Gasteiger charge is -2.10. The smallest absolute Gasteiger partial charge is 0.161 e. The quantitative estimate of drug-likeness (QED) is 0.277. The van der Waals surface area contributed by atoms with Gasteiger partial charge in [-0.15, -0.1) is 0 Å². The van der Waals surface area contributed by atoms with Gasteiger partial charge in [-0.25, -0.2) is 4.98 Å². The number of nitrogens with zero attached hydrogens (tertiary/aromatic N) is 2. The minimum atomic E-state index is 0.655. The van der Waals surface area contributed by atoms with Crippen molar-refractivity contribution in [1.29, 1.82) is 0 Å². The molecule has 0 unspecified atom stereocenters. The number of fused-ring (bicyclic) bond motifs is 1. The van der Waals surface area contributed by atoms with Crippen molar-refractivity contribution in [3.8, 4) is 22.6 Å². The summed E-state index contributed by atoms with van der Waals surface area (Å²) >= 11 is 3.56. The van der Waals surface area contributed by atoms with Crippen LogP contribution in [0.5, 0.6) is 11.5 Å². The van der Waals surface area contributed by atoms with E-state index < -0.39 is 0 Å². The summed E-state index contributed by atoms with van der Waals surface area (Å²) in [6.45, 7) is 0. The number of hydrazone groups is 1. The van der Waals surface area contributed by atoms with E-state index in [9.17, 15) is 0 Å². The number of rotatable bonds is 6. The van der Waals surface area contributed by atoms with Crippen molar-refractivity contribution >= 4 is 38.9 Å². The number of benzene rings is 3. The van der Waals surface area contributed by atoms with Gasteiger partial charge in [0.15, 0.2) is 11.5 Å². The van der Waals surface area contributed by atoms with Crippen LogP contribution in [-0.2, 0) is 0 Å². The Balaban J connectivity index is 1.67. The van der Waals surface area contributed by atoms with Gasteiger partial charge < -0.3 is 9.47 Å². The first kappa shape index (κ1) is 19.9. The van der Waals surface area contributed by atoms with Crippen LogP contribution in [0.3, 0.4) is 0 Å². The summed E-state index contributed by atoms with van der Waals surface area (Å²) in [4.78, 5) is 4.70. The van der Waals surface area contributed by atoms with E-state index in [1.807, 2.05) is 54.6 Å². The van der Waals surface area contributed by atoms with E-state index >= 15 is 0 Å². The van der Waals surface area contributed by atoms with Crippen LogP contribution in [0.15, 0.2) is 82.4 Å². The number of aromatic nitrogens is 1. The van der Waals surface area contributed by atoms with Crippen LogP contribution >= 0.6 is 15.9 Å². The second-order valence-electron chi connectivity index (χ2n) is 6.57. The summed E-state index contributed by atoms with van der Waals surface area (Å²) in [5.41, 5.74) is 7.03. The maximum atomic E-state index is 5.34. The van der Waals surface area contributed by atoms with Crippen molar-refractivity contribution in [3.63, 3.8) is 0 Å². The van der Waals surface area contributed by atoms with E-state index in [4.69, 9.17) is 14.5 Å². The minimum absolute atomic E-state index is 0.655. The monoisotopic (exact) mass is 461 g/mol. The highest BCUT2D eigenvalue weighted by molar-refractivity contribution is 9.10. The molecule has 150 valence electrons. The van der Waals surface area contributed by atoms with Gasteiger partial charge in [-0.1, -0.05) is 46.3 Å². The van der Waals surface area contributed by atoms with Gasteiger partial charge in [0.1, 0.15) is 5.82 Å². The van der Waals surface area contributed by atoms with E-state index in [0.29, 0.717) is 17.3 Å². The highest BCUT2D eigenvalue weighted by Gasteiger charge is 2.09. The molecule has 0 saturated carbocycles. The third kappa shape index (κ3) is 4.28. The normalized spacial score (nSPS) is 11.0. The Morgan fingerprint density at radius 2 is 1.70 bits per heavy atom. The molecule has 30 heavy (non-hydrogen) atoms. The number of hydrogen-bond acceptors (Lipinski definition) is 5. The summed E-state index contributed by atoms with van der Waals surface area (Å²) in [6, 6.07) is 23.9. The lowest BCUT2D eigenvalue weighted by Crippen LogP contribution is -1.96. The largest absolute Gasteiger partial charge is 0.493 e. The molecular formula is C24H20BrN3O2. The topological polar surface area (TPSA) is 55.7 Å². The Morgan fingerprint density at radius 1 is 0.900 bits per heavy atom. The number of pyridine rings is 1. The Labute approximate surface area is 183 Å². The molecule has 6 heteroatoms. The second-order valence-corrected chi connectivity index (χ2v) is 7.48. The zero-order chi connectivity index (χ0) is 20.9. The summed E-state index contributed by atoms with van der Waals surface area (Å²) < 4.78 is 11.6. The molecule has 0 spiro atoms. The van der Waals surface area contributed by atoms with E-state index in [1.165, 1.54) is 0 Å². The van der Waals surface area contributed by atoms with Gasteiger partial charge in [0.25, 0.3) is 0 Å². The minimum Gasteiger partial charge on any atom is -0.493 e. The molecule has 4 rings (SSSR count). The van der Waals surface area contributed by atoms with Crippen molar-refractivity contribution in [1.82, 2.24) is 4.98 Å². The second kappa shape index (κ2) is 8.97. The van der Waals surface area contributed by atoms with Crippen LogP contribution in [-0.4, -0.2) is 25.4 Å². The number of nitrogens with one attached hydrogen (secondary N) is 1. The zero-order valence-electron chi connectivity index (χ0n) is 16.6. The first-order valence-corrected chi connectivity index (χ1v) is 10.1. The molecule has 0 aliphatic rings. The lowest BCUT2D eigenvalue weighted by molar-refractivity contribution is 0.355. The lowest BCUT2D eigenvalue weighted by atomic mass is 10.0. The fourth-order valence-corrected chi connectivity index (χ4v) is 3.58. The summed E-state index contributed by atoms with van der Waals surface area (Å²) in [5.74, 6) is 2.00. The Bertz CT molecular complexity index is 1210. The average Bonchev–Trinajstić information content (AvgIpc) is 2.79. The van der Waals surface area contributed by atoms with Crippen LogP contribution in [0.1, 0.15) is 5.56 Å². The molecule has 1 N–H and O–H groups in total. The van der Waals surface area contributed by atoms with Gasteiger partial charge >= 0.3 is 0 Å². The van der Waals surface area contributed by atoms with Gasteiger partial charge in [-0.05, 0) is 59.2 Å².